The zero-order valence-corrected chi connectivity index (χ0v) is 19.1. The van der Waals surface area contributed by atoms with Crippen molar-refractivity contribution < 1.29 is 22.6 Å². The second-order valence-electron chi connectivity index (χ2n) is 6.94. The van der Waals surface area contributed by atoms with E-state index in [9.17, 15) is 13.2 Å². The Bertz CT molecular complexity index is 651. The number of alkyl halides is 3. The predicted molar refractivity (Wildman–Crippen MR) is 118 cm³/mol. The number of nitrogens with zero attached hydrogens (tertiary/aromatic N) is 2. The first-order chi connectivity index (χ1) is 13.3. The van der Waals surface area contributed by atoms with Crippen LogP contribution in [0, 0.1) is 5.92 Å². The lowest BCUT2D eigenvalue weighted by Crippen LogP contribution is -2.41. The molecular formula is C19H30F3IN4O2. The molecule has 1 aliphatic heterocycles. The van der Waals surface area contributed by atoms with Crippen LogP contribution in [0.5, 0.6) is 11.5 Å². The van der Waals surface area contributed by atoms with Gasteiger partial charge in [-0.2, -0.15) is 13.2 Å². The molecule has 3 N–H and O–H groups in total. The molecule has 10 heteroatoms. The summed E-state index contributed by atoms with van der Waals surface area (Å²) >= 11 is 0. The van der Waals surface area contributed by atoms with Gasteiger partial charge in [-0.25, -0.2) is 4.99 Å². The first kappa shape index (κ1) is 25.6. The Morgan fingerprint density at radius 3 is 2.45 bits per heavy atom. The second-order valence-corrected chi connectivity index (χ2v) is 6.94. The molecule has 1 fully saturated rings. The molecule has 1 aliphatic rings. The number of nitrogens with one attached hydrogen (secondary N) is 1. The monoisotopic (exact) mass is 530 g/mol. The topological polar surface area (TPSA) is 72.1 Å². The lowest BCUT2D eigenvalue weighted by molar-refractivity contribution is -0.148. The Morgan fingerprint density at radius 1 is 1.21 bits per heavy atom. The number of halogens is 4. The van der Waals surface area contributed by atoms with Crippen molar-refractivity contribution in [3.05, 3.63) is 23.8 Å². The summed E-state index contributed by atoms with van der Waals surface area (Å²) in [5, 5.41) is 3.08. The van der Waals surface area contributed by atoms with Gasteiger partial charge in [0.1, 0.15) is 0 Å². The average Bonchev–Trinajstić information content (AvgIpc) is 2.66. The summed E-state index contributed by atoms with van der Waals surface area (Å²) in [7, 11) is 3.16. The quantitative estimate of drug-likeness (QED) is 0.307. The number of guanidine groups is 1. The third-order valence-corrected chi connectivity index (χ3v) is 4.85. The highest BCUT2D eigenvalue weighted by molar-refractivity contribution is 14.0. The SMILES string of the molecule is COc1ccc(CN=C(N)NCCC2CCN(CC(F)(F)F)CC2)cc1OC.I. The predicted octanol–water partition coefficient (Wildman–Crippen LogP) is 3.39. The van der Waals surface area contributed by atoms with E-state index in [2.05, 4.69) is 10.3 Å². The first-order valence-corrected chi connectivity index (χ1v) is 9.34. The van der Waals surface area contributed by atoms with Crippen LogP contribution in [0.3, 0.4) is 0 Å². The number of methoxy groups -OCH3 is 2. The van der Waals surface area contributed by atoms with E-state index in [0.29, 0.717) is 49.6 Å². The minimum Gasteiger partial charge on any atom is -0.493 e. The fourth-order valence-corrected chi connectivity index (χ4v) is 3.30. The van der Waals surface area contributed by atoms with Gasteiger partial charge in [-0.3, -0.25) is 4.90 Å². The molecule has 0 aliphatic carbocycles. The molecule has 0 saturated carbocycles. The molecule has 1 heterocycles. The summed E-state index contributed by atoms with van der Waals surface area (Å²) in [6.45, 7) is 1.24. The van der Waals surface area contributed by atoms with E-state index in [0.717, 1.165) is 24.8 Å². The molecule has 0 atom stereocenters. The lowest BCUT2D eigenvalue weighted by Gasteiger charge is -2.32. The standard InChI is InChI=1S/C19H29F3N4O2.HI/c1-27-16-4-3-15(11-17(16)28-2)12-25-18(23)24-8-5-14-6-9-26(10-7-14)13-19(20,21)22;/h3-4,11,14H,5-10,12-13H2,1-2H3,(H3,23,24,25);1H. The van der Waals surface area contributed by atoms with E-state index in [1.807, 2.05) is 18.2 Å². The normalized spacial score (nSPS) is 16.2. The van der Waals surface area contributed by atoms with Crippen LogP contribution < -0.4 is 20.5 Å². The van der Waals surface area contributed by atoms with Crippen LogP contribution >= 0.6 is 24.0 Å². The minimum atomic E-state index is -4.12. The number of piperidine rings is 1. The fraction of sp³-hybridized carbons (Fsp3) is 0.632. The first-order valence-electron chi connectivity index (χ1n) is 9.34. The highest BCUT2D eigenvalue weighted by Gasteiger charge is 2.32. The number of benzene rings is 1. The smallest absolute Gasteiger partial charge is 0.401 e. The van der Waals surface area contributed by atoms with Crippen molar-refractivity contribution in [2.45, 2.75) is 32.0 Å². The van der Waals surface area contributed by atoms with Crippen LogP contribution in [0.4, 0.5) is 13.2 Å². The van der Waals surface area contributed by atoms with E-state index in [1.54, 1.807) is 14.2 Å². The van der Waals surface area contributed by atoms with Crippen LogP contribution in [-0.4, -0.2) is 57.4 Å². The van der Waals surface area contributed by atoms with Crippen molar-refractivity contribution in [1.29, 1.82) is 0 Å². The number of nitrogens with two attached hydrogens (primary N) is 1. The van der Waals surface area contributed by atoms with Gasteiger partial charge in [-0.1, -0.05) is 6.07 Å². The Morgan fingerprint density at radius 2 is 1.86 bits per heavy atom. The molecule has 166 valence electrons. The van der Waals surface area contributed by atoms with Gasteiger partial charge in [-0.15, -0.1) is 24.0 Å². The van der Waals surface area contributed by atoms with E-state index >= 15 is 0 Å². The molecule has 1 saturated heterocycles. The van der Waals surface area contributed by atoms with Crippen molar-refractivity contribution in [3.8, 4) is 11.5 Å². The average molecular weight is 530 g/mol. The highest BCUT2D eigenvalue weighted by atomic mass is 127. The Labute approximate surface area is 187 Å². The van der Waals surface area contributed by atoms with Crippen molar-refractivity contribution >= 4 is 29.9 Å². The molecule has 0 radical (unpaired) electrons. The van der Waals surface area contributed by atoms with Crippen molar-refractivity contribution in [1.82, 2.24) is 10.2 Å². The Hall–Kier alpha value is -1.43. The van der Waals surface area contributed by atoms with Gasteiger partial charge in [0.25, 0.3) is 0 Å². The highest BCUT2D eigenvalue weighted by Crippen LogP contribution is 2.27. The zero-order valence-electron chi connectivity index (χ0n) is 16.8. The number of ether oxygens (including phenoxy) is 2. The van der Waals surface area contributed by atoms with Crippen LogP contribution in [0.1, 0.15) is 24.8 Å². The molecule has 0 aromatic heterocycles. The summed E-state index contributed by atoms with van der Waals surface area (Å²) in [4.78, 5) is 5.79. The van der Waals surface area contributed by atoms with E-state index in [-0.39, 0.29) is 24.0 Å². The zero-order chi connectivity index (χ0) is 20.6. The molecule has 0 amide bonds. The van der Waals surface area contributed by atoms with Gasteiger partial charge in [0.05, 0.1) is 27.3 Å². The van der Waals surface area contributed by atoms with Gasteiger partial charge in [0.2, 0.25) is 0 Å². The van der Waals surface area contributed by atoms with E-state index < -0.39 is 12.7 Å². The second kappa shape index (κ2) is 12.3. The summed E-state index contributed by atoms with van der Waals surface area (Å²) < 4.78 is 47.7. The molecule has 0 bridgehead atoms. The fourth-order valence-electron chi connectivity index (χ4n) is 3.30. The van der Waals surface area contributed by atoms with E-state index in [1.165, 1.54) is 4.90 Å². The molecule has 0 unspecified atom stereocenters. The molecule has 2 rings (SSSR count). The minimum absolute atomic E-state index is 0. The lowest BCUT2D eigenvalue weighted by atomic mass is 9.93. The molecule has 1 aromatic carbocycles. The molecule has 6 nitrogen and oxygen atoms in total. The number of rotatable bonds is 8. The summed E-state index contributed by atoms with van der Waals surface area (Å²) in [6.07, 6.45) is -1.69. The van der Waals surface area contributed by atoms with Crippen LogP contribution in [0.2, 0.25) is 0 Å². The van der Waals surface area contributed by atoms with Gasteiger partial charge >= 0.3 is 6.18 Å². The molecule has 0 spiro atoms. The summed E-state index contributed by atoms with van der Waals surface area (Å²) in [6, 6.07) is 5.57. The molecular weight excluding hydrogens is 500 g/mol. The van der Waals surface area contributed by atoms with Crippen molar-refractivity contribution in [3.63, 3.8) is 0 Å². The van der Waals surface area contributed by atoms with Gasteiger partial charge in [-0.05, 0) is 56.0 Å². The maximum absolute atomic E-state index is 12.4. The van der Waals surface area contributed by atoms with Gasteiger partial charge in [0, 0.05) is 6.54 Å². The van der Waals surface area contributed by atoms with Crippen molar-refractivity contribution in [2.75, 3.05) is 40.4 Å². The van der Waals surface area contributed by atoms with Gasteiger partial charge in [0.15, 0.2) is 17.5 Å². The van der Waals surface area contributed by atoms with Crippen molar-refractivity contribution in [2.24, 2.45) is 16.6 Å². The molecule has 29 heavy (non-hydrogen) atoms. The number of hydrogen-bond acceptors (Lipinski definition) is 4. The van der Waals surface area contributed by atoms with Crippen LogP contribution in [-0.2, 0) is 6.54 Å². The van der Waals surface area contributed by atoms with E-state index in [4.69, 9.17) is 15.2 Å². The summed E-state index contributed by atoms with van der Waals surface area (Å²) in [5.41, 5.74) is 6.85. The summed E-state index contributed by atoms with van der Waals surface area (Å²) in [5.74, 6) is 2.06. The van der Waals surface area contributed by atoms with Crippen LogP contribution in [0.25, 0.3) is 0 Å². The largest absolute Gasteiger partial charge is 0.493 e. The third-order valence-electron chi connectivity index (χ3n) is 4.85. The third kappa shape index (κ3) is 9.28. The number of aliphatic imine (C=N–C) groups is 1. The molecule has 1 aromatic rings. The maximum atomic E-state index is 12.4. The van der Waals surface area contributed by atoms with Crippen LogP contribution in [0.15, 0.2) is 23.2 Å². The Kier molecular flexibility index (Phi) is 10.9. The Balaban J connectivity index is 0.00000420. The maximum Gasteiger partial charge on any atom is 0.401 e. The number of likely N-dealkylation sites (tertiary alicyclic amines) is 1. The number of hydrogen-bond donors (Lipinski definition) is 2. The van der Waals surface area contributed by atoms with Gasteiger partial charge < -0.3 is 20.5 Å².